The van der Waals surface area contributed by atoms with Crippen LogP contribution >= 0.6 is 50.3 Å². The molecule has 0 saturated carbocycles. The van der Waals surface area contributed by atoms with Crippen LogP contribution in [0.1, 0.15) is 23.1 Å². The molecule has 0 bridgehead atoms. The second kappa shape index (κ2) is 11.1. The van der Waals surface area contributed by atoms with Gasteiger partial charge in [-0.15, -0.1) is 10.2 Å². The number of Topliss-reactive ketones (excluding diaryl/α,β-unsaturated/α-hetero) is 1. The van der Waals surface area contributed by atoms with Crippen molar-refractivity contribution < 1.29 is 14.3 Å². The lowest BCUT2D eigenvalue weighted by atomic mass is 10.1. The molecule has 0 saturated heterocycles. The van der Waals surface area contributed by atoms with E-state index < -0.39 is 0 Å². The summed E-state index contributed by atoms with van der Waals surface area (Å²) in [5.74, 6) is 1.49. The zero-order chi connectivity index (χ0) is 22.4. The first-order valence-corrected chi connectivity index (χ1v) is 12.2. The second-order valence-electron chi connectivity index (χ2n) is 6.50. The van der Waals surface area contributed by atoms with E-state index in [2.05, 4.69) is 54.0 Å². The second-order valence-corrected chi connectivity index (χ2v) is 9.55. The summed E-state index contributed by atoms with van der Waals surface area (Å²) in [7, 11) is 1.58. The van der Waals surface area contributed by atoms with Crippen LogP contribution in [0.3, 0.4) is 0 Å². The molecule has 0 unspecified atom stereocenters. The highest BCUT2D eigenvalue weighted by Crippen LogP contribution is 2.28. The molecule has 10 heteroatoms. The summed E-state index contributed by atoms with van der Waals surface area (Å²) >= 11 is 7.00. The van der Waals surface area contributed by atoms with Gasteiger partial charge in [0.2, 0.25) is 5.91 Å². The molecule has 1 aromatic heterocycles. The molecule has 0 radical (unpaired) electrons. The Bertz CT molecular complexity index is 1090. The van der Waals surface area contributed by atoms with E-state index in [1.54, 1.807) is 25.3 Å². The van der Waals surface area contributed by atoms with Crippen LogP contribution in [0.25, 0.3) is 5.69 Å². The van der Waals surface area contributed by atoms with Gasteiger partial charge in [0.15, 0.2) is 10.9 Å². The molecule has 0 aliphatic heterocycles. The van der Waals surface area contributed by atoms with E-state index in [9.17, 15) is 9.59 Å². The average molecular weight is 615 g/mol. The highest BCUT2D eigenvalue weighted by Gasteiger charge is 2.17. The van der Waals surface area contributed by atoms with E-state index in [0.717, 1.165) is 19.6 Å². The van der Waals surface area contributed by atoms with Gasteiger partial charge in [0.25, 0.3) is 0 Å². The van der Waals surface area contributed by atoms with Crippen LogP contribution in [0.4, 0.5) is 0 Å². The number of hydrogen-bond acceptors (Lipinski definition) is 6. The van der Waals surface area contributed by atoms with E-state index >= 15 is 0 Å². The molecule has 3 aromatic rings. The molecule has 0 spiro atoms. The molecule has 1 N–H and O–H groups in total. The van der Waals surface area contributed by atoms with Gasteiger partial charge in [-0.1, -0.05) is 11.8 Å². The largest absolute Gasteiger partial charge is 0.496 e. The maximum atomic E-state index is 12.7. The fourth-order valence-corrected chi connectivity index (χ4v) is 4.57. The van der Waals surface area contributed by atoms with Gasteiger partial charge in [-0.2, -0.15) is 0 Å². The number of rotatable bonds is 9. The predicted molar refractivity (Wildman–Crippen MR) is 132 cm³/mol. The lowest BCUT2D eigenvalue weighted by Gasteiger charge is -2.11. The highest BCUT2D eigenvalue weighted by atomic mass is 127. The Morgan fingerprint density at radius 2 is 1.94 bits per heavy atom. The minimum Gasteiger partial charge on any atom is -0.496 e. The lowest BCUT2D eigenvalue weighted by molar-refractivity contribution is -0.118. The van der Waals surface area contributed by atoms with Crippen LogP contribution in [-0.2, 0) is 11.2 Å². The van der Waals surface area contributed by atoms with E-state index in [-0.39, 0.29) is 17.4 Å². The number of benzene rings is 2. The lowest BCUT2D eigenvalue weighted by Crippen LogP contribution is -2.23. The maximum absolute atomic E-state index is 12.7. The van der Waals surface area contributed by atoms with Crippen LogP contribution < -0.4 is 10.1 Å². The number of hydrogen-bond donors (Lipinski definition) is 1. The van der Waals surface area contributed by atoms with Crippen molar-refractivity contribution in [1.82, 2.24) is 20.1 Å². The zero-order valence-corrected chi connectivity index (χ0v) is 21.5. The van der Waals surface area contributed by atoms with Crippen molar-refractivity contribution in [2.45, 2.75) is 18.5 Å². The topological polar surface area (TPSA) is 86.1 Å². The van der Waals surface area contributed by atoms with Crippen molar-refractivity contribution in [3.8, 4) is 11.4 Å². The van der Waals surface area contributed by atoms with Gasteiger partial charge in [0.05, 0.1) is 17.3 Å². The van der Waals surface area contributed by atoms with Gasteiger partial charge >= 0.3 is 0 Å². The molecule has 1 heterocycles. The molecular formula is C21H20BrIN4O3S. The monoisotopic (exact) mass is 614 g/mol. The Hall–Kier alpha value is -1.92. The molecule has 0 atom stereocenters. The Morgan fingerprint density at radius 1 is 1.19 bits per heavy atom. The van der Waals surface area contributed by atoms with Crippen LogP contribution in [0.15, 0.2) is 52.1 Å². The Morgan fingerprint density at radius 3 is 2.58 bits per heavy atom. The van der Waals surface area contributed by atoms with E-state index in [4.69, 9.17) is 4.74 Å². The molecule has 7 nitrogen and oxygen atoms in total. The highest BCUT2D eigenvalue weighted by molar-refractivity contribution is 14.1. The molecular weight excluding hydrogens is 595 g/mol. The summed E-state index contributed by atoms with van der Waals surface area (Å²) < 4.78 is 8.99. The van der Waals surface area contributed by atoms with Crippen molar-refractivity contribution in [1.29, 1.82) is 0 Å². The molecule has 0 aliphatic carbocycles. The number of nitrogens with zero attached hydrogens (tertiary/aromatic N) is 3. The molecule has 0 aliphatic rings. The maximum Gasteiger partial charge on any atom is 0.216 e. The molecule has 3 rings (SSSR count). The quantitative estimate of drug-likeness (QED) is 0.220. The third kappa shape index (κ3) is 6.30. The number of ether oxygens (including phenoxy) is 1. The zero-order valence-electron chi connectivity index (χ0n) is 16.9. The van der Waals surface area contributed by atoms with Gasteiger partial charge in [0.1, 0.15) is 11.6 Å². The third-order valence-corrected chi connectivity index (χ3v) is 6.58. The first kappa shape index (κ1) is 23.7. The first-order chi connectivity index (χ1) is 14.9. The number of carbonyl (C=O) groups is 2. The number of aromatic nitrogens is 3. The van der Waals surface area contributed by atoms with Crippen molar-refractivity contribution in [3.63, 3.8) is 0 Å². The molecule has 1 amide bonds. The van der Waals surface area contributed by atoms with Crippen molar-refractivity contribution >= 4 is 62.0 Å². The number of carbonyl (C=O) groups excluding carboxylic acids is 2. The Balaban J connectivity index is 1.80. The summed E-state index contributed by atoms with van der Waals surface area (Å²) in [5, 5.41) is 12.0. The number of ketones is 1. The number of amides is 1. The molecule has 2 aromatic carbocycles. The van der Waals surface area contributed by atoms with Gasteiger partial charge in [-0.05, 0) is 81.0 Å². The normalized spacial score (nSPS) is 10.7. The summed E-state index contributed by atoms with van der Waals surface area (Å²) in [4.78, 5) is 23.9. The van der Waals surface area contributed by atoms with Gasteiger partial charge < -0.3 is 10.1 Å². The van der Waals surface area contributed by atoms with Crippen LogP contribution in [0.5, 0.6) is 5.75 Å². The number of nitrogens with one attached hydrogen (secondary N) is 1. The first-order valence-electron chi connectivity index (χ1n) is 9.33. The van der Waals surface area contributed by atoms with Gasteiger partial charge in [-0.25, -0.2) is 0 Å². The minimum absolute atomic E-state index is 0.0229. The number of halogens is 2. The Kier molecular flexibility index (Phi) is 8.50. The fourth-order valence-electron chi connectivity index (χ4n) is 2.81. The van der Waals surface area contributed by atoms with E-state index in [1.807, 2.05) is 28.8 Å². The van der Waals surface area contributed by atoms with Crippen molar-refractivity contribution in [2.75, 3.05) is 19.4 Å². The van der Waals surface area contributed by atoms with E-state index in [0.29, 0.717) is 29.4 Å². The number of thioether (sulfide) groups is 1. The summed E-state index contributed by atoms with van der Waals surface area (Å²) in [6.07, 6.45) is 0.526. The van der Waals surface area contributed by atoms with Gasteiger partial charge in [0, 0.05) is 34.7 Å². The van der Waals surface area contributed by atoms with Crippen LogP contribution in [0.2, 0.25) is 0 Å². The third-order valence-electron chi connectivity index (χ3n) is 4.31. The van der Waals surface area contributed by atoms with Crippen LogP contribution in [-0.4, -0.2) is 45.9 Å². The van der Waals surface area contributed by atoms with E-state index in [1.165, 1.54) is 18.7 Å². The smallest absolute Gasteiger partial charge is 0.216 e. The molecule has 31 heavy (non-hydrogen) atoms. The fraction of sp³-hybridized carbons (Fsp3) is 0.238. The van der Waals surface area contributed by atoms with Gasteiger partial charge in [-0.3, -0.25) is 14.2 Å². The molecule has 162 valence electrons. The summed E-state index contributed by atoms with van der Waals surface area (Å²) in [6.45, 7) is 1.94. The Labute approximate surface area is 206 Å². The minimum atomic E-state index is -0.0915. The SMILES string of the molecule is COc1ccc(C(=O)CSc2nnc(CCNC(C)=O)n2-c2ccc(I)cc2)cc1Br. The molecule has 0 fully saturated rings. The average Bonchev–Trinajstić information content (AvgIpc) is 3.15. The standard InChI is InChI=1S/C21H20BrIN4O3S/c1-13(28)24-10-9-20-25-26-21(27(20)16-6-4-15(23)5-7-16)31-12-18(29)14-3-8-19(30-2)17(22)11-14/h3-8,11H,9-10,12H2,1-2H3,(H,24,28). The summed E-state index contributed by atoms with van der Waals surface area (Å²) in [5.41, 5.74) is 1.50. The summed E-state index contributed by atoms with van der Waals surface area (Å²) in [6, 6.07) is 13.2. The van der Waals surface area contributed by atoms with Crippen molar-refractivity contribution in [3.05, 3.63) is 61.9 Å². The number of methoxy groups -OCH3 is 1. The van der Waals surface area contributed by atoms with Crippen molar-refractivity contribution in [2.24, 2.45) is 0 Å². The van der Waals surface area contributed by atoms with Crippen LogP contribution in [0, 0.1) is 3.57 Å². The predicted octanol–water partition coefficient (Wildman–Crippen LogP) is 4.30.